The van der Waals surface area contributed by atoms with Gasteiger partial charge in [0.25, 0.3) is 0 Å². The molecule has 1 aromatic heterocycles. The summed E-state index contributed by atoms with van der Waals surface area (Å²) in [5.41, 5.74) is 3.22. The van der Waals surface area contributed by atoms with Crippen LogP contribution in [0.1, 0.15) is 17.0 Å². The van der Waals surface area contributed by atoms with Crippen molar-refractivity contribution in [1.82, 2.24) is 4.98 Å². The number of amides is 1. The maximum absolute atomic E-state index is 12.6. The molecule has 1 aliphatic heterocycles. The fourth-order valence-corrected chi connectivity index (χ4v) is 3.17. The van der Waals surface area contributed by atoms with E-state index in [4.69, 9.17) is 0 Å². The van der Waals surface area contributed by atoms with Crippen LogP contribution in [0.2, 0.25) is 0 Å². The van der Waals surface area contributed by atoms with Crippen LogP contribution in [0, 0.1) is 11.3 Å². The number of pyridine rings is 1. The van der Waals surface area contributed by atoms with Crippen molar-refractivity contribution >= 4 is 28.1 Å². The fraction of sp³-hybridized carbons (Fsp3) is 0.105. The van der Waals surface area contributed by atoms with Crippen molar-refractivity contribution < 1.29 is 4.79 Å². The average Bonchev–Trinajstić information content (AvgIpc) is 3.06. The van der Waals surface area contributed by atoms with Crippen LogP contribution in [0.3, 0.4) is 0 Å². The van der Waals surface area contributed by atoms with E-state index < -0.39 is 0 Å². The Kier molecular flexibility index (Phi) is 3.36. The Balaban J connectivity index is 1.71. The third-order valence-electron chi connectivity index (χ3n) is 4.32. The number of fused-ring (bicyclic) bond motifs is 3. The van der Waals surface area contributed by atoms with Crippen molar-refractivity contribution in [2.45, 2.75) is 5.92 Å². The number of aromatic nitrogens is 1. The van der Waals surface area contributed by atoms with E-state index in [1.54, 1.807) is 24.5 Å². The quantitative estimate of drug-likeness (QED) is 0.761. The minimum Gasteiger partial charge on any atom is -0.383 e. The Morgan fingerprint density at radius 1 is 1.21 bits per heavy atom. The zero-order valence-corrected chi connectivity index (χ0v) is 12.8. The molecule has 0 fully saturated rings. The number of nitrogens with one attached hydrogen (secondary N) is 2. The molecule has 0 aliphatic carbocycles. The van der Waals surface area contributed by atoms with Gasteiger partial charge in [-0.2, -0.15) is 5.26 Å². The highest BCUT2D eigenvalue weighted by Crippen LogP contribution is 2.38. The Morgan fingerprint density at radius 2 is 2.12 bits per heavy atom. The molecule has 4 rings (SSSR count). The van der Waals surface area contributed by atoms with Crippen molar-refractivity contribution in [3.8, 4) is 6.07 Å². The first-order valence-corrected chi connectivity index (χ1v) is 7.68. The molecule has 2 aromatic carbocycles. The van der Waals surface area contributed by atoms with Crippen LogP contribution in [0.15, 0.2) is 54.9 Å². The van der Waals surface area contributed by atoms with Crippen LogP contribution < -0.4 is 10.6 Å². The topological polar surface area (TPSA) is 77.8 Å². The lowest BCUT2D eigenvalue weighted by molar-refractivity contribution is -0.117. The van der Waals surface area contributed by atoms with Gasteiger partial charge in [0.05, 0.1) is 29.4 Å². The summed E-state index contributed by atoms with van der Waals surface area (Å²) in [7, 11) is 0. The second-order valence-corrected chi connectivity index (χ2v) is 5.71. The van der Waals surface area contributed by atoms with E-state index in [2.05, 4.69) is 21.7 Å². The molecule has 0 spiro atoms. The van der Waals surface area contributed by atoms with Crippen LogP contribution in [0.4, 0.5) is 11.4 Å². The van der Waals surface area contributed by atoms with E-state index in [1.165, 1.54) is 0 Å². The van der Waals surface area contributed by atoms with Gasteiger partial charge >= 0.3 is 0 Å². The number of rotatable bonds is 2. The summed E-state index contributed by atoms with van der Waals surface area (Å²) in [6.45, 7) is 0.539. The maximum Gasteiger partial charge on any atom is 0.233 e. The highest BCUT2D eigenvalue weighted by atomic mass is 16.1. The normalized spacial score (nSPS) is 15.4. The number of carbonyl (C=O) groups is 1. The van der Waals surface area contributed by atoms with Crippen LogP contribution >= 0.6 is 0 Å². The van der Waals surface area contributed by atoms with Crippen molar-refractivity contribution in [2.75, 3.05) is 17.2 Å². The van der Waals surface area contributed by atoms with Gasteiger partial charge in [-0.3, -0.25) is 9.78 Å². The van der Waals surface area contributed by atoms with E-state index in [1.807, 2.05) is 30.3 Å². The summed E-state index contributed by atoms with van der Waals surface area (Å²) in [4.78, 5) is 16.6. The third-order valence-corrected chi connectivity index (χ3v) is 4.32. The van der Waals surface area contributed by atoms with Gasteiger partial charge in [0.2, 0.25) is 5.91 Å². The standard InChI is InChI=1S/C19H14N4O/c20-9-12-3-1-5-15-14(12)6-7-16-17(11-22-18(15)16)19(24)23-13-4-2-8-21-10-13/h1-8,10,17,22H,11H2,(H,23,24). The van der Waals surface area contributed by atoms with E-state index in [9.17, 15) is 10.1 Å². The molecule has 5 nitrogen and oxygen atoms in total. The summed E-state index contributed by atoms with van der Waals surface area (Å²) in [5, 5.41) is 17.4. The van der Waals surface area contributed by atoms with Gasteiger partial charge in [-0.25, -0.2) is 0 Å². The second kappa shape index (κ2) is 5.67. The molecule has 2 N–H and O–H groups in total. The molecule has 1 amide bonds. The lowest BCUT2D eigenvalue weighted by Crippen LogP contribution is -2.22. The molecule has 24 heavy (non-hydrogen) atoms. The Hall–Kier alpha value is -3.39. The van der Waals surface area contributed by atoms with Crippen molar-refractivity contribution in [1.29, 1.82) is 5.26 Å². The van der Waals surface area contributed by atoms with Gasteiger partial charge < -0.3 is 10.6 Å². The Labute approximate surface area is 138 Å². The van der Waals surface area contributed by atoms with Gasteiger partial charge in [0.15, 0.2) is 0 Å². The molecule has 0 saturated carbocycles. The SMILES string of the molecule is N#Cc1cccc2c3c(ccc12)C(C(=O)Nc1cccnc1)CN3. The van der Waals surface area contributed by atoms with E-state index >= 15 is 0 Å². The van der Waals surface area contributed by atoms with Gasteiger partial charge in [-0.05, 0) is 23.8 Å². The second-order valence-electron chi connectivity index (χ2n) is 5.71. The van der Waals surface area contributed by atoms with Crippen molar-refractivity contribution in [3.05, 3.63) is 66.0 Å². The minimum atomic E-state index is -0.268. The van der Waals surface area contributed by atoms with Crippen LogP contribution in [-0.4, -0.2) is 17.4 Å². The Morgan fingerprint density at radius 3 is 2.92 bits per heavy atom. The maximum atomic E-state index is 12.6. The predicted molar refractivity (Wildman–Crippen MR) is 92.8 cm³/mol. The largest absolute Gasteiger partial charge is 0.383 e. The van der Waals surface area contributed by atoms with Gasteiger partial charge in [0.1, 0.15) is 0 Å². The number of nitriles is 1. The lowest BCUT2D eigenvalue weighted by atomic mass is 9.95. The summed E-state index contributed by atoms with van der Waals surface area (Å²) in [5.74, 6) is -0.333. The zero-order valence-electron chi connectivity index (χ0n) is 12.8. The minimum absolute atomic E-state index is 0.0648. The molecular weight excluding hydrogens is 300 g/mol. The van der Waals surface area contributed by atoms with Crippen LogP contribution in [-0.2, 0) is 4.79 Å². The van der Waals surface area contributed by atoms with Gasteiger partial charge in [-0.1, -0.05) is 24.3 Å². The third kappa shape index (κ3) is 2.25. The van der Waals surface area contributed by atoms with Crippen LogP contribution in [0.25, 0.3) is 10.8 Å². The monoisotopic (exact) mass is 314 g/mol. The van der Waals surface area contributed by atoms with Crippen molar-refractivity contribution in [3.63, 3.8) is 0 Å². The van der Waals surface area contributed by atoms with E-state index in [0.717, 1.165) is 22.0 Å². The molecule has 0 bridgehead atoms. The molecule has 1 atom stereocenters. The van der Waals surface area contributed by atoms with Gasteiger partial charge in [-0.15, -0.1) is 0 Å². The summed E-state index contributed by atoms with van der Waals surface area (Å²) < 4.78 is 0. The van der Waals surface area contributed by atoms with E-state index in [-0.39, 0.29) is 11.8 Å². The summed E-state index contributed by atoms with van der Waals surface area (Å²) >= 11 is 0. The number of benzene rings is 2. The van der Waals surface area contributed by atoms with Crippen LogP contribution in [0.5, 0.6) is 0 Å². The molecule has 5 heteroatoms. The predicted octanol–water partition coefficient (Wildman–Crippen LogP) is 3.25. The van der Waals surface area contributed by atoms with E-state index in [0.29, 0.717) is 17.8 Å². The average molecular weight is 314 g/mol. The highest BCUT2D eigenvalue weighted by molar-refractivity contribution is 6.05. The molecule has 3 aromatic rings. The first kappa shape index (κ1) is 14.2. The first-order chi connectivity index (χ1) is 11.8. The number of anilines is 2. The molecule has 1 unspecified atom stereocenters. The highest BCUT2D eigenvalue weighted by Gasteiger charge is 2.30. The number of carbonyl (C=O) groups excluding carboxylic acids is 1. The molecule has 2 heterocycles. The fourth-order valence-electron chi connectivity index (χ4n) is 3.17. The number of hydrogen-bond acceptors (Lipinski definition) is 4. The molecule has 1 aliphatic rings. The Bertz CT molecular complexity index is 976. The summed E-state index contributed by atoms with van der Waals surface area (Å²) in [6.07, 6.45) is 3.29. The molecule has 0 radical (unpaired) electrons. The zero-order chi connectivity index (χ0) is 16.5. The molecule has 0 saturated heterocycles. The molecular formula is C19H14N4O. The smallest absolute Gasteiger partial charge is 0.233 e. The number of nitrogens with zero attached hydrogens (tertiary/aromatic N) is 2. The molecule has 116 valence electrons. The first-order valence-electron chi connectivity index (χ1n) is 7.68. The lowest BCUT2D eigenvalue weighted by Gasteiger charge is -2.12. The number of hydrogen-bond donors (Lipinski definition) is 2. The summed E-state index contributed by atoms with van der Waals surface area (Å²) in [6, 6.07) is 15.3. The van der Waals surface area contributed by atoms with Gasteiger partial charge in [0, 0.05) is 29.2 Å². The van der Waals surface area contributed by atoms with Crippen molar-refractivity contribution in [2.24, 2.45) is 0 Å².